The van der Waals surface area contributed by atoms with Gasteiger partial charge in [-0.25, -0.2) is 9.59 Å². The summed E-state index contributed by atoms with van der Waals surface area (Å²) in [6, 6.07) is 14.8. The first-order valence-electron chi connectivity index (χ1n) is 13.2. The Morgan fingerprint density at radius 1 is 0.829 bits per heavy atom. The van der Waals surface area contributed by atoms with Gasteiger partial charge >= 0.3 is 11.6 Å². The van der Waals surface area contributed by atoms with Crippen LogP contribution in [0.4, 0.5) is 5.69 Å². The molecule has 1 heterocycles. The van der Waals surface area contributed by atoms with E-state index in [2.05, 4.69) is 25.7 Å². The lowest BCUT2D eigenvalue weighted by Crippen LogP contribution is -2.21. The quantitative estimate of drug-likeness (QED) is 0.136. The number of esters is 1. The van der Waals surface area contributed by atoms with Crippen LogP contribution in [-0.4, -0.2) is 25.7 Å². The van der Waals surface area contributed by atoms with Crippen molar-refractivity contribution in [1.29, 1.82) is 0 Å². The largest absolute Gasteiger partial charge is 0.462 e. The summed E-state index contributed by atoms with van der Waals surface area (Å²) in [5, 5.41) is 0.865. The van der Waals surface area contributed by atoms with E-state index in [-0.39, 0.29) is 11.6 Å². The van der Waals surface area contributed by atoms with Gasteiger partial charge in [-0.15, -0.1) is 0 Å². The number of anilines is 1. The molecule has 0 N–H and O–H groups in total. The van der Waals surface area contributed by atoms with Gasteiger partial charge in [-0.05, 0) is 56.2 Å². The highest BCUT2D eigenvalue weighted by Crippen LogP contribution is 2.25. The molecule has 0 unspecified atom stereocenters. The number of nitrogens with zero attached hydrogens (tertiary/aromatic N) is 1. The van der Waals surface area contributed by atoms with Crippen LogP contribution in [0.5, 0.6) is 0 Å². The van der Waals surface area contributed by atoms with Crippen molar-refractivity contribution in [3.05, 3.63) is 64.5 Å². The first-order chi connectivity index (χ1) is 17.1. The fraction of sp³-hybridized carbons (Fsp3) is 0.467. The average molecular weight is 478 g/mol. The van der Waals surface area contributed by atoms with Gasteiger partial charge in [0.05, 0.1) is 17.7 Å². The van der Waals surface area contributed by atoms with Gasteiger partial charge in [0.15, 0.2) is 0 Å². The minimum atomic E-state index is -0.390. The van der Waals surface area contributed by atoms with Gasteiger partial charge in [0.25, 0.3) is 0 Å². The van der Waals surface area contributed by atoms with Gasteiger partial charge in [-0.3, -0.25) is 0 Å². The third-order valence-electron chi connectivity index (χ3n) is 6.51. The minimum Gasteiger partial charge on any atom is -0.462 e. The first-order valence-corrected chi connectivity index (χ1v) is 13.2. The number of unbranched alkanes of at least 4 members (excludes halogenated alkanes) is 7. The van der Waals surface area contributed by atoms with E-state index in [1.165, 1.54) is 38.5 Å². The zero-order valence-corrected chi connectivity index (χ0v) is 21.5. The van der Waals surface area contributed by atoms with E-state index in [9.17, 15) is 9.59 Å². The molecule has 0 spiro atoms. The van der Waals surface area contributed by atoms with Crippen molar-refractivity contribution in [3.8, 4) is 11.1 Å². The topological polar surface area (TPSA) is 59.8 Å². The highest BCUT2D eigenvalue weighted by molar-refractivity contribution is 5.90. The number of ether oxygens (including phenoxy) is 1. The van der Waals surface area contributed by atoms with Crippen LogP contribution in [-0.2, 0) is 4.74 Å². The fourth-order valence-electron chi connectivity index (χ4n) is 4.36. The van der Waals surface area contributed by atoms with Gasteiger partial charge in [0.2, 0.25) is 0 Å². The minimum absolute atomic E-state index is 0.325. The fourth-order valence-corrected chi connectivity index (χ4v) is 4.36. The molecule has 35 heavy (non-hydrogen) atoms. The molecule has 188 valence electrons. The molecule has 3 rings (SSSR count). The van der Waals surface area contributed by atoms with Gasteiger partial charge < -0.3 is 14.1 Å². The Labute approximate surface area is 209 Å². The van der Waals surface area contributed by atoms with Crippen LogP contribution in [0, 0.1) is 0 Å². The summed E-state index contributed by atoms with van der Waals surface area (Å²) in [5.74, 6) is -0.325. The summed E-state index contributed by atoms with van der Waals surface area (Å²) in [6.45, 7) is 8.65. The molecular formula is C30H39NO4. The van der Waals surface area contributed by atoms with Crippen molar-refractivity contribution >= 4 is 22.6 Å². The van der Waals surface area contributed by atoms with E-state index in [4.69, 9.17) is 9.15 Å². The van der Waals surface area contributed by atoms with Crippen molar-refractivity contribution in [2.75, 3.05) is 24.6 Å². The summed E-state index contributed by atoms with van der Waals surface area (Å²) in [5.41, 5.74) is 2.90. The number of hydrogen-bond acceptors (Lipinski definition) is 5. The highest BCUT2D eigenvalue weighted by Gasteiger charge is 2.12. The van der Waals surface area contributed by atoms with Crippen LogP contribution < -0.4 is 10.5 Å². The summed E-state index contributed by atoms with van der Waals surface area (Å²) in [7, 11) is 0. The first kappa shape index (κ1) is 26.5. The maximum atomic E-state index is 12.7. The Morgan fingerprint density at radius 2 is 1.49 bits per heavy atom. The molecule has 3 aromatic rings. The normalized spacial score (nSPS) is 11.1. The summed E-state index contributed by atoms with van der Waals surface area (Å²) in [6.07, 6.45) is 9.64. The Balaban J connectivity index is 1.57. The van der Waals surface area contributed by atoms with Crippen LogP contribution >= 0.6 is 0 Å². The standard InChI is InChI=1S/C30H39NO4/c1-4-7-8-9-10-11-12-13-20-34-29(32)24-16-14-23(15-17-24)27-21-25-18-19-26(31(5-2)6-3)22-28(25)35-30(27)33/h14-19,21-22H,4-13,20H2,1-3H3. The average Bonchev–Trinajstić information content (AvgIpc) is 2.88. The van der Waals surface area contributed by atoms with Gasteiger partial charge in [-0.2, -0.15) is 0 Å². The highest BCUT2D eigenvalue weighted by atomic mass is 16.5. The molecule has 0 atom stereocenters. The second-order valence-electron chi connectivity index (χ2n) is 9.03. The smallest absolute Gasteiger partial charge is 0.344 e. The summed E-state index contributed by atoms with van der Waals surface area (Å²) < 4.78 is 11.1. The van der Waals surface area contributed by atoms with E-state index < -0.39 is 0 Å². The second kappa shape index (κ2) is 13.7. The molecule has 0 aliphatic rings. The number of benzene rings is 2. The molecular weight excluding hydrogens is 438 g/mol. The van der Waals surface area contributed by atoms with E-state index in [0.29, 0.717) is 28.9 Å². The zero-order valence-electron chi connectivity index (χ0n) is 21.5. The van der Waals surface area contributed by atoms with Gasteiger partial charge in [-0.1, -0.05) is 64.0 Å². The number of carbonyl (C=O) groups excluding carboxylic acids is 1. The van der Waals surface area contributed by atoms with E-state index >= 15 is 0 Å². The van der Waals surface area contributed by atoms with Crippen molar-refractivity contribution in [2.45, 2.75) is 72.1 Å². The van der Waals surface area contributed by atoms with E-state index in [1.807, 2.05) is 24.3 Å². The van der Waals surface area contributed by atoms with Crippen molar-refractivity contribution in [1.82, 2.24) is 0 Å². The summed E-state index contributed by atoms with van der Waals surface area (Å²) in [4.78, 5) is 27.3. The van der Waals surface area contributed by atoms with Crippen LogP contribution in [0.25, 0.3) is 22.1 Å². The molecule has 0 radical (unpaired) electrons. The maximum Gasteiger partial charge on any atom is 0.344 e. The predicted molar refractivity (Wildman–Crippen MR) is 144 cm³/mol. The number of rotatable bonds is 14. The molecule has 5 nitrogen and oxygen atoms in total. The molecule has 2 aromatic carbocycles. The third-order valence-corrected chi connectivity index (χ3v) is 6.51. The number of hydrogen-bond donors (Lipinski definition) is 0. The third kappa shape index (κ3) is 7.45. The maximum absolute atomic E-state index is 12.7. The molecule has 0 saturated carbocycles. The molecule has 0 aliphatic carbocycles. The Morgan fingerprint density at radius 3 is 2.14 bits per heavy atom. The number of carbonyl (C=O) groups is 1. The van der Waals surface area contributed by atoms with Crippen LogP contribution in [0.1, 0.15) is 82.5 Å². The van der Waals surface area contributed by atoms with Crippen LogP contribution in [0.15, 0.2) is 57.7 Å². The van der Waals surface area contributed by atoms with Crippen LogP contribution in [0.2, 0.25) is 0 Å². The number of fused-ring (bicyclic) bond motifs is 1. The molecule has 5 heteroatoms. The molecule has 0 saturated heterocycles. The molecule has 0 amide bonds. The second-order valence-corrected chi connectivity index (χ2v) is 9.03. The lowest BCUT2D eigenvalue weighted by atomic mass is 10.0. The molecule has 0 bridgehead atoms. The lowest BCUT2D eigenvalue weighted by molar-refractivity contribution is 0.0497. The van der Waals surface area contributed by atoms with Crippen molar-refractivity contribution in [3.63, 3.8) is 0 Å². The monoisotopic (exact) mass is 477 g/mol. The van der Waals surface area contributed by atoms with E-state index in [1.54, 1.807) is 24.3 Å². The van der Waals surface area contributed by atoms with Crippen LogP contribution in [0.3, 0.4) is 0 Å². The Kier molecular flexibility index (Phi) is 10.4. The molecule has 0 aliphatic heterocycles. The SMILES string of the molecule is CCCCCCCCCCOC(=O)c1ccc(-c2cc3ccc(N(CC)CC)cc3oc2=O)cc1. The van der Waals surface area contributed by atoms with Crippen molar-refractivity contribution < 1.29 is 13.9 Å². The zero-order chi connectivity index (χ0) is 25.0. The molecule has 0 fully saturated rings. The predicted octanol–water partition coefficient (Wildman–Crippen LogP) is 7.60. The van der Waals surface area contributed by atoms with Gasteiger partial charge in [0, 0.05) is 30.2 Å². The van der Waals surface area contributed by atoms with E-state index in [0.717, 1.165) is 37.0 Å². The Bertz CT molecular complexity index is 1130. The van der Waals surface area contributed by atoms with Crippen molar-refractivity contribution in [2.24, 2.45) is 0 Å². The lowest BCUT2D eigenvalue weighted by Gasteiger charge is -2.21. The Hall–Kier alpha value is -3.08. The summed E-state index contributed by atoms with van der Waals surface area (Å²) >= 11 is 0. The van der Waals surface area contributed by atoms with Gasteiger partial charge in [0.1, 0.15) is 5.58 Å². The molecule has 1 aromatic heterocycles.